The first kappa shape index (κ1) is 15.1. The minimum Gasteiger partial charge on any atom is -0.481 e. The number of likely N-dealkylation sites (N-methyl/N-ethyl adjacent to an activating group) is 1. The normalized spacial score (nSPS) is 33.2. The topological polar surface area (TPSA) is 43.8 Å². The standard InChI is InChI=1S/C14H26N2O2S/c1-13(2)4-9-19-11-14(13,10-12(17)18)16-7-5-15(3)6-8-16/h4-11H2,1-3H3,(H,17,18). The molecule has 2 fully saturated rings. The van der Waals surface area contributed by atoms with Crippen LogP contribution in [0.15, 0.2) is 0 Å². The summed E-state index contributed by atoms with van der Waals surface area (Å²) in [6.45, 7) is 8.59. The van der Waals surface area contributed by atoms with Crippen LogP contribution in [0.2, 0.25) is 0 Å². The molecule has 1 atom stereocenters. The Bertz CT molecular complexity index is 340. The maximum atomic E-state index is 11.4. The van der Waals surface area contributed by atoms with Crippen molar-refractivity contribution in [1.82, 2.24) is 9.80 Å². The second-order valence-corrected chi connectivity index (χ2v) is 7.68. The van der Waals surface area contributed by atoms with Crippen LogP contribution >= 0.6 is 11.8 Å². The van der Waals surface area contributed by atoms with Crippen LogP contribution in [-0.2, 0) is 4.79 Å². The Hall–Kier alpha value is -0.260. The number of hydrogen-bond donors (Lipinski definition) is 1. The Balaban J connectivity index is 2.25. The molecule has 0 saturated carbocycles. The third-order valence-electron chi connectivity index (χ3n) is 5.02. The van der Waals surface area contributed by atoms with Gasteiger partial charge in [0.15, 0.2) is 0 Å². The van der Waals surface area contributed by atoms with E-state index in [9.17, 15) is 9.90 Å². The minimum atomic E-state index is -0.658. The highest BCUT2D eigenvalue weighted by Gasteiger charge is 2.52. The quantitative estimate of drug-likeness (QED) is 0.854. The van der Waals surface area contributed by atoms with Crippen LogP contribution in [0, 0.1) is 5.41 Å². The van der Waals surface area contributed by atoms with Gasteiger partial charge in [-0.1, -0.05) is 13.8 Å². The average molecular weight is 286 g/mol. The van der Waals surface area contributed by atoms with E-state index in [1.54, 1.807) is 0 Å². The summed E-state index contributed by atoms with van der Waals surface area (Å²) in [4.78, 5) is 16.2. The molecule has 0 spiro atoms. The molecule has 0 radical (unpaired) electrons. The highest BCUT2D eigenvalue weighted by atomic mass is 32.2. The number of aliphatic carboxylic acids is 1. The molecule has 0 amide bonds. The maximum Gasteiger partial charge on any atom is 0.305 e. The van der Waals surface area contributed by atoms with Crippen LogP contribution in [0.3, 0.4) is 0 Å². The predicted molar refractivity (Wildman–Crippen MR) is 79.8 cm³/mol. The molecule has 2 aliphatic rings. The first-order chi connectivity index (χ1) is 8.87. The molecule has 0 aromatic heterocycles. The molecule has 0 bridgehead atoms. The van der Waals surface area contributed by atoms with Gasteiger partial charge in [-0.05, 0) is 24.6 Å². The molecular weight excluding hydrogens is 260 g/mol. The molecule has 2 aliphatic heterocycles. The number of thioether (sulfide) groups is 1. The number of carbonyl (C=O) groups is 1. The predicted octanol–water partition coefficient (Wildman–Crippen LogP) is 1.61. The first-order valence-electron chi connectivity index (χ1n) is 7.11. The van der Waals surface area contributed by atoms with Crippen molar-refractivity contribution in [3.05, 3.63) is 0 Å². The van der Waals surface area contributed by atoms with Crippen molar-refractivity contribution in [2.24, 2.45) is 5.41 Å². The Morgan fingerprint density at radius 1 is 1.26 bits per heavy atom. The molecule has 1 unspecified atom stereocenters. The van der Waals surface area contributed by atoms with Crippen molar-refractivity contribution in [2.75, 3.05) is 44.7 Å². The minimum absolute atomic E-state index is 0.0759. The van der Waals surface area contributed by atoms with Gasteiger partial charge < -0.3 is 10.0 Å². The number of carboxylic acid groups (broad SMARTS) is 1. The molecule has 19 heavy (non-hydrogen) atoms. The third-order valence-corrected chi connectivity index (χ3v) is 6.20. The molecule has 0 aliphatic carbocycles. The Morgan fingerprint density at radius 3 is 2.42 bits per heavy atom. The van der Waals surface area contributed by atoms with E-state index in [2.05, 4.69) is 30.7 Å². The largest absolute Gasteiger partial charge is 0.481 e. The van der Waals surface area contributed by atoms with Crippen LogP contribution in [0.1, 0.15) is 26.7 Å². The molecule has 5 heteroatoms. The summed E-state index contributed by atoms with van der Waals surface area (Å²) in [5.41, 5.74) is -0.102. The van der Waals surface area contributed by atoms with E-state index < -0.39 is 5.97 Å². The highest BCUT2D eigenvalue weighted by Crippen LogP contribution is 2.48. The van der Waals surface area contributed by atoms with Gasteiger partial charge in [-0.25, -0.2) is 0 Å². The summed E-state index contributed by atoms with van der Waals surface area (Å²) in [5.74, 6) is 1.45. The summed E-state index contributed by atoms with van der Waals surface area (Å²) < 4.78 is 0. The fourth-order valence-corrected chi connectivity index (χ4v) is 5.21. The molecule has 2 rings (SSSR count). The SMILES string of the molecule is CN1CCN(C2(CC(=O)O)CSCCC2(C)C)CC1. The highest BCUT2D eigenvalue weighted by molar-refractivity contribution is 7.99. The van der Waals surface area contributed by atoms with E-state index in [-0.39, 0.29) is 17.4 Å². The Kier molecular flexibility index (Phi) is 4.48. The van der Waals surface area contributed by atoms with Crippen molar-refractivity contribution >= 4 is 17.7 Å². The van der Waals surface area contributed by atoms with Crippen LogP contribution in [-0.4, -0.2) is 71.1 Å². The zero-order chi connectivity index (χ0) is 14.1. The fraction of sp³-hybridized carbons (Fsp3) is 0.929. The zero-order valence-corrected chi connectivity index (χ0v) is 13.1. The summed E-state index contributed by atoms with van der Waals surface area (Å²) in [6, 6.07) is 0. The smallest absolute Gasteiger partial charge is 0.305 e. The van der Waals surface area contributed by atoms with Gasteiger partial charge >= 0.3 is 5.97 Å². The Labute approximate surface area is 120 Å². The molecular formula is C14H26N2O2S. The lowest BCUT2D eigenvalue weighted by molar-refractivity contribution is -0.144. The average Bonchev–Trinajstić information content (AvgIpc) is 2.32. The van der Waals surface area contributed by atoms with E-state index in [0.717, 1.165) is 44.1 Å². The van der Waals surface area contributed by atoms with Gasteiger partial charge in [0, 0.05) is 37.5 Å². The number of carboxylic acids is 1. The van der Waals surface area contributed by atoms with Crippen LogP contribution < -0.4 is 0 Å². The van der Waals surface area contributed by atoms with Gasteiger partial charge in [0.25, 0.3) is 0 Å². The number of piperazine rings is 1. The van der Waals surface area contributed by atoms with E-state index >= 15 is 0 Å². The van der Waals surface area contributed by atoms with Gasteiger partial charge in [-0.15, -0.1) is 0 Å². The van der Waals surface area contributed by atoms with Crippen LogP contribution in [0.5, 0.6) is 0 Å². The lowest BCUT2D eigenvalue weighted by atomic mass is 9.67. The maximum absolute atomic E-state index is 11.4. The third kappa shape index (κ3) is 2.93. The van der Waals surface area contributed by atoms with E-state index in [1.807, 2.05) is 11.8 Å². The van der Waals surface area contributed by atoms with Crippen molar-refractivity contribution in [1.29, 1.82) is 0 Å². The molecule has 4 nitrogen and oxygen atoms in total. The van der Waals surface area contributed by atoms with Gasteiger partial charge in [0.2, 0.25) is 0 Å². The zero-order valence-electron chi connectivity index (χ0n) is 12.3. The van der Waals surface area contributed by atoms with Crippen molar-refractivity contribution in [2.45, 2.75) is 32.2 Å². The molecule has 2 heterocycles. The van der Waals surface area contributed by atoms with E-state index in [1.165, 1.54) is 0 Å². The second kappa shape index (κ2) is 5.62. The Morgan fingerprint density at radius 2 is 1.89 bits per heavy atom. The lowest BCUT2D eigenvalue weighted by Crippen LogP contribution is -2.66. The summed E-state index contributed by atoms with van der Waals surface area (Å²) in [7, 11) is 2.14. The second-order valence-electron chi connectivity index (χ2n) is 6.58. The summed E-state index contributed by atoms with van der Waals surface area (Å²) in [6.07, 6.45) is 1.38. The van der Waals surface area contributed by atoms with Gasteiger partial charge in [-0.2, -0.15) is 11.8 Å². The van der Waals surface area contributed by atoms with Crippen molar-refractivity contribution in [3.63, 3.8) is 0 Å². The number of rotatable bonds is 3. The van der Waals surface area contributed by atoms with E-state index in [4.69, 9.17) is 0 Å². The van der Waals surface area contributed by atoms with Gasteiger partial charge in [0.05, 0.1) is 6.42 Å². The molecule has 2 saturated heterocycles. The molecule has 1 N–H and O–H groups in total. The fourth-order valence-electron chi connectivity index (χ4n) is 3.40. The van der Waals surface area contributed by atoms with Crippen LogP contribution in [0.25, 0.3) is 0 Å². The molecule has 0 aromatic carbocycles. The molecule has 110 valence electrons. The van der Waals surface area contributed by atoms with Crippen molar-refractivity contribution in [3.8, 4) is 0 Å². The van der Waals surface area contributed by atoms with Crippen molar-refractivity contribution < 1.29 is 9.90 Å². The molecule has 0 aromatic rings. The monoisotopic (exact) mass is 286 g/mol. The summed E-state index contributed by atoms with van der Waals surface area (Å²) >= 11 is 1.92. The number of nitrogens with zero attached hydrogens (tertiary/aromatic N) is 2. The lowest BCUT2D eigenvalue weighted by Gasteiger charge is -2.57. The van der Waals surface area contributed by atoms with E-state index in [0.29, 0.717) is 0 Å². The number of hydrogen-bond acceptors (Lipinski definition) is 4. The van der Waals surface area contributed by atoms with Gasteiger partial charge in [0.1, 0.15) is 0 Å². The summed E-state index contributed by atoms with van der Waals surface area (Å²) in [5, 5.41) is 9.40. The van der Waals surface area contributed by atoms with Gasteiger partial charge in [-0.3, -0.25) is 9.69 Å². The first-order valence-corrected chi connectivity index (χ1v) is 8.26. The van der Waals surface area contributed by atoms with Crippen LogP contribution in [0.4, 0.5) is 0 Å².